The van der Waals surface area contributed by atoms with Crippen LogP contribution in [0.25, 0.3) is 10.2 Å². The lowest BCUT2D eigenvalue weighted by atomic mass is 10.2. The van der Waals surface area contributed by atoms with Gasteiger partial charge in [0.25, 0.3) is 5.91 Å². The fourth-order valence-electron chi connectivity index (χ4n) is 2.83. The number of ether oxygens (including phenoxy) is 1. The van der Waals surface area contributed by atoms with Crippen LogP contribution in [-0.4, -0.2) is 18.0 Å². The predicted octanol–water partition coefficient (Wildman–Crippen LogP) is 6.61. The van der Waals surface area contributed by atoms with Crippen molar-refractivity contribution in [2.45, 2.75) is 0 Å². The lowest BCUT2D eigenvalue weighted by Gasteiger charge is -2.08. The number of amides is 1. The van der Waals surface area contributed by atoms with Gasteiger partial charge in [-0.15, -0.1) is 0 Å². The van der Waals surface area contributed by atoms with Gasteiger partial charge in [-0.25, -0.2) is 4.98 Å². The van der Waals surface area contributed by atoms with E-state index < -0.39 is 0 Å². The molecular weight excluding hydrogens is 429 g/mol. The number of hydrogen-bond donors (Lipinski definition) is 2. The summed E-state index contributed by atoms with van der Waals surface area (Å²) in [7, 11) is 1.62. The summed E-state index contributed by atoms with van der Waals surface area (Å²) in [6.45, 7) is 0. The second-order valence-electron chi connectivity index (χ2n) is 6.08. The first-order chi connectivity index (χ1) is 14.0. The van der Waals surface area contributed by atoms with Crippen LogP contribution in [-0.2, 0) is 0 Å². The number of thiazole rings is 1. The zero-order valence-corrected chi connectivity index (χ0v) is 17.5. The Balaban J connectivity index is 1.58. The summed E-state index contributed by atoms with van der Waals surface area (Å²) in [6.07, 6.45) is 0. The quantitative estimate of drug-likeness (QED) is 0.364. The minimum Gasteiger partial charge on any atom is -0.495 e. The fraction of sp³-hybridized carbons (Fsp3) is 0.0476. The molecule has 0 unspecified atom stereocenters. The second-order valence-corrected chi connectivity index (χ2v) is 7.92. The lowest BCUT2D eigenvalue weighted by molar-refractivity contribution is 0.102. The molecule has 1 heterocycles. The Kier molecular flexibility index (Phi) is 5.58. The SMILES string of the molecule is COc1ccccc1Nc1nc2ccc(NC(=O)c3c(Cl)cccc3Cl)cc2s1. The van der Waals surface area contributed by atoms with Crippen LogP contribution in [0.2, 0.25) is 10.0 Å². The van der Waals surface area contributed by atoms with E-state index in [1.54, 1.807) is 31.4 Å². The van der Waals surface area contributed by atoms with Crippen LogP contribution in [0, 0.1) is 0 Å². The van der Waals surface area contributed by atoms with Crippen LogP contribution in [0.3, 0.4) is 0 Å². The number of fused-ring (bicyclic) bond motifs is 1. The third-order valence-corrected chi connectivity index (χ3v) is 5.75. The van der Waals surface area contributed by atoms with E-state index >= 15 is 0 Å². The molecule has 0 atom stereocenters. The van der Waals surface area contributed by atoms with E-state index in [9.17, 15) is 4.79 Å². The number of carbonyl (C=O) groups excluding carboxylic acids is 1. The van der Waals surface area contributed by atoms with Crippen molar-refractivity contribution < 1.29 is 9.53 Å². The topological polar surface area (TPSA) is 63.2 Å². The van der Waals surface area contributed by atoms with Crippen LogP contribution in [0.15, 0.2) is 60.7 Å². The number of halogens is 2. The maximum absolute atomic E-state index is 12.6. The van der Waals surface area contributed by atoms with Gasteiger partial charge in [0.1, 0.15) is 5.75 Å². The number of hydrogen-bond acceptors (Lipinski definition) is 5. The minimum absolute atomic E-state index is 0.249. The number of aromatic nitrogens is 1. The van der Waals surface area contributed by atoms with E-state index in [2.05, 4.69) is 15.6 Å². The van der Waals surface area contributed by atoms with Crippen molar-refractivity contribution in [1.82, 2.24) is 4.98 Å². The smallest absolute Gasteiger partial charge is 0.258 e. The normalized spacial score (nSPS) is 10.7. The maximum atomic E-state index is 12.6. The van der Waals surface area contributed by atoms with Crippen molar-refractivity contribution in [3.8, 4) is 5.75 Å². The van der Waals surface area contributed by atoms with Crippen LogP contribution in [0.5, 0.6) is 5.75 Å². The van der Waals surface area contributed by atoms with Crippen LogP contribution in [0.1, 0.15) is 10.4 Å². The van der Waals surface area contributed by atoms with E-state index in [0.717, 1.165) is 26.8 Å². The molecule has 5 nitrogen and oxygen atoms in total. The largest absolute Gasteiger partial charge is 0.495 e. The molecule has 0 saturated heterocycles. The van der Waals surface area contributed by atoms with Gasteiger partial charge in [-0.2, -0.15) is 0 Å². The monoisotopic (exact) mass is 443 g/mol. The standard InChI is InChI=1S/C21H15Cl2N3O2S/c1-28-17-8-3-2-7-15(17)25-21-26-16-10-9-12(11-18(16)29-21)24-20(27)19-13(22)5-4-6-14(19)23/h2-11H,1H3,(H,24,27)(H,25,26). The van der Waals surface area contributed by atoms with Crippen LogP contribution in [0.4, 0.5) is 16.5 Å². The zero-order chi connectivity index (χ0) is 20.4. The molecule has 0 spiro atoms. The number of para-hydroxylation sites is 2. The van der Waals surface area contributed by atoms with Crippen LogP contribution >= 0.6 is 34.5 Å². The van der Waals surface area contributed by atoms with E-state index in [1.807, 2.05) is 36.4 Å². The molecule has 0 aliphatic heterocycles. The molecule has 0 radical (unpaired) electrons. The van der Waals surface area contributed by atoms with Gasteiger partial charge >= 0.3 is 0 Å². The average molecular weight is 444 g/mol. The average Bonchev–Trinajstić information content (AvgIpc) is 3.10. The molecule has 4 rings (SSSR count). The van der Waals surface area contributed by atoms with Crippen molar-refractivity contribution in [3.05, 3.63) is 76.3 Å². The molecule has 146 valence electrons. The lowest BCUT2D eigenvalue weighted by Crippen LogP contribution is -2.13. The van der Waals surface area contributed by atoms with Gasteiger partial charge in [0.15, 0.2) is 5.13 Å². The van der Waals surface area contributed by atoms with Crippen molar-refractivity contribution in [2.75, 3.05) is 17.7 Å². The van der Waals surface area contributed by atoms with Gasteiger partial charge in [0, 0.05) is 5.69 Å². The zero-order valence-electron chi connectivity index (χ0n) is 15.2. The molecule has 2 N–H and O–H groups in total. The van der Waals surface area contributed by atoms with Gasteiger partial charge < -0.3 is 15.4 Å². The summed E-state index contributed by atoms with van der Waals surface area (Å²) in [6, 6.07) is 18.1. The predicted molar refractivity (Wildman–Crippen MR) is 120 cm³/mol. The summed E-state index contributed by atoms with van der Waals surface area (Å²) in [5, 5.41) is 7.44. The molecule has 1 amide bonds. The Morgan fingerprint density at radius 3 is 2.55 bits per heavy atom. The molecule has 4 aromatic rings. The van der Waals surface area contributed by atoms with Crippen molar-refractivity contribution in [2.24, 2.45) is 0 Å². The molecule has 0 bridgehead atoms. The number of anilines is 3. The van der Waals surface area contributed by atoms with E-state index in [0.29, 0.717) is 15.7 Å². The first-order valence-electron chi connectivity index (χ1n) is 8.61. The molecule has 0 saturated carbocycles. The van der Waals surface area contributed by atoms with Gasteiger partial charge in [-0.3, -0.25) is 4.79 Å². The van der Waals surface area contributed by atoms with Gasteiger partial charge in [-0.1, -0.05) is 52.7 Å². The third kappa shape index (κ3) is 4.15. The Morgan fingerprint density at radius 1 is 1.03 bits per heavy atom. The Hall–Kier alpha value is -2.80. The first kappa shape index (κ1) is 19.5. The molecule has 1 aromatic heterocycles. The highest BCUT2D eigenvalue weighted by Gasteiger charge is 2.15. The van der Waals surface area contributed by atoms with Crippen molar-refractivity contribution in [1.29, 1.82) is 0 Å². The van der Waals surface area contributed by atoms with Gasteiger partial charge in [-0.05, 0) is 42.5 Å². The Morgan fingerprint density at radius 2 is 1.79 bits per heavy atom. The highest BCUT2D eigenvalue weighted by Crippen LogP contribution is 2.33. The summed E-state index contributed by atoms with van der Waals surface area (Å²) in [5.41, 5.74) is 2.53. The summed E-state index contributed by atoms with van der Waals surface area (Å²) < 4.78 is 6.28. The Bertz CT molecular complexity index is 1190. The number of nitrogens with one attached hydrogen (secondary N) is 2. The van der Waals surface area contributed by atoms with Crippen molar-refractivity contribution in [3.63, 3.8) is 0 Å². The highest BCUT2D eigenvalue weighted by atomic mass is 35.5. The number of rotatable bonds is 5. The Labute approximate surface area is 181 Å². The summed E-state index contributed by atoms with van der Waals surface area (Å²) in [5.74, 6) is 0.369. The summed E-state index contributed by atoms with van der Waals surface area (Å²) >= 11 is 13.7. The van der Waals surface area contributed by atoms with Crippen LogP contribution < -0.4 is 15.4 Å². The second kappa shape index (κ2) is 8.29. The van der Waals surface area contributed by atoms with Gasteiger partial charge in [0.05, 0.1) is 38.6 Å². The fourth-order valence-corrected chi connectivity index (χ4v) is 4.31. The molecule has 8 heteroatoms. The molecular formula is C21H15Cl2N3O2S. The third-order valence-electron chi connectivity index (χ3n) is 4.18. The maximum Gasteiger partial charge on any atom is 0.258 e. The van der Waals surface area contributed by atoms with E-state index in [4.69, 9.17) is 27.9 Å². The van der Waals surface area contributed by atoms with Gasteiger partial charge in [0.2, 0.25) is 0 Å². The van der Waals surface area contributed by atoms with E-state index in [1.165, 1.54) is 11.3 Å². The minimum atomic E-state index is -0.364. The molecule has 3 aromatic carbocycles. The molecule has 0 fully saturated rings. The molecule has 0 aliphatic rings. The number of benzene rings is 3. The van der Waals surface area contributed by atoms with Crippen molar-refractivity contribution >= 4 is 67.2 Å². The number of carbonyl (C=O) groups is 1. The first-order valence-corrected chi connectivity index (χ1v) is 10.2. The highest BCUT2D eigenvalue weighted by molar-refractivity contribution is 7.22. The molecule has 0 aliphatic carbocycles. The summed E-state index contributed by atoms with van der Waals surface area (Å²) in [4.78, 5) is 17.2. The number of nitrogens with zero attached hydrogens (tertiary/aromatic N) is 1. The van der Waals surface area contributed by atoms with E-state index in [-0.39, 0.29) is 11.5 Å². The molecule has 29 heavy (non-hydrogen) atoms. The number of methoxy groups -OCH3 is 1.